The average molecular weight is 246 g/mol. The molecule has 1 rings (SSSR count). The molecule has 0 aliphatic carbocycles. The largest absolute Gasteiger partial charge is 0.395 e. The lowest BCUT2D eigenvalue weighted by molar-refractivity contribution is 0.152. The number of nitrogens with one attached hydrogen (secondary N) is 1. The Morgan fingerprint density at radius 1 is 1.41 bits per heavy atom. The standard InChI is InChI=1S/C10H16F2N4O/c1-13-4-8-5-14-10(15-6-8)16(2-3-17)7-9(11)12/h5-6,9,13,17H,2-4,7H2,1H3. The Morgan fingerprint density at radius 3 is 2.53 bits per heavy atom. The molecule has 1 heterocycles. The molecule has 17 heavy (non-hydrogen) atoms. The zero-order valence-corrected chi connectivity index (χ0v) is 9.61. The van der Waals surface area contributed by atoms with Crippen LogP contribution in [-0.2, 0) is 6.54 Å². The summed E-state index contributed by atoms with van der Waals surface area (Å²) < 4.78 is 24.6. The Hall–Kier alpha value is -1.34. The molecule has 0 aliphatic heterocycles. The molecule has 0 bridgehead atoms. The van der Waals surface area contributed by atoms with Crippen molar-refractivity contribution in [2.24, 2.45) is 0 Å². The molecular formula is C10H16F2N4O. The van der Waals surface area contributed by atoms with Crippen LogP contribution in [0.2, 0.25) is 0 Å². The number of hydrogen-bond acceptors (Lipinski definition) is 5. The first kappa shape index (κ1) is 13.7. The number of nitrogens with zero attached hydrogens (tertiary/aromatic N) is 3. The molecule has 0 amide bonds. The van der Waals surface area contributed by atoms with Crippen LogP contribution in [0.3, 0.4) is 0 Å². The van der Waals surface area contributed by atoms with Crippen LogP contribution < -0.4 is 10.2 Å². The van der Waals surface area contributed by atoms with Gasteiger partial charge in [0.15, 0.2) is 0 Å². The second-order valence-corrected chi connectivity index (χ2v) is 3.48. The maximum Gasteiger partial charge on any atom is 0.255 e. The Balaban J connectivity index is 2.72. The van der Waals surface area contributed by atoms with Crippen LogP contribution in [0.25, 0.3) is 0 Å². The molecule has 0 unspecified atom stereocenters. The highest BCUT2D eigenvalue weighted by molar-refractivity contribution is 5.29. The molecule has 5 nitrogen and oxygen atoms in total. The van der Waals surface area contributed by atoms with E-state index in [-0.39, 0.29) is 19.1 Å². The third kappa shape index (κ3) is 4.58. The van der Waals surface area contributed by atoms with Gasteiger partial charge >= 0.3 is 0 Å². The molecule has 0 radical (unpaired) electrons. The van der Waals surface area contributed by atoms with Crippen molar-refractivity contribution >= 4 is 5.95 Å². The highest BCUT2D eigenvalue weighted by atomic mass is 19.3. The fourth-order valence-electron chi connectivity index (χ4n) is 1.37. The number of halogens is 2. The summed E-state index contributed by atoms with van der Waals surface area (Å²) in [6.45, 7) is 0.0190. The van der Waals surface area contributed by atoms with Gasteiger partial charge in [-0.15, -0.1) is 0 Å². The third-order valence-electron chi connectivity index (χ3n) is 2.08. The molecule has 0 aliphatic rings. The van der Waals surface area contributed by atoms with Crippen LogP contribution in [-0.4, -0.2) is 48.2 Å². The number of alkyl halides is 2. The van der Waals surface area contributed by atoms with E-state index < -0.39 is 13.0 Å². The summed E-state index contributed by atoms with van der Waals surface area (Å²) in [5.41, 5.74) is 0.872. The van der Waals surface area contributed by atoms with E-state index in [9.17, 15) is 8.78 Å². The van der Waals surface area contributed by atoms with Crippen LogP contribution in [0.15, 0.2) is 12.4 Å². The molecule has 0 saturated carbocycles. The van der Waals surface area contributed by atoms with Crippen molar-refractivity contribution in [3.05, 3.63) is 18.0 Å². The van der Waals surface area contributed by atoms with Gasteiger partial charge in [-0.05, 0) is 7.05 Å². The Kier molecular flexibility index (Phi) is 5.71. The lowest BCUT2D eigenvalue weighted by atomic mass is 10.3. The molecule has 0 saturated heterocycles. The minimum Gasteiger partial charge on any atom is -0.395 e. The van der Waals surface area contributed by atoms with E-state index in [0.717, 1.165) is 5.56 Å². The summed E-state index contributed by atoms with van der Waals surface area (Å²) in [6, 6.07) is 0. The number of anilines is 1. The van der Waals surface area contributed by atoms with Gasteiger partial charge in [0.25, 0.3) is 6.43 Å². The first-order valence-electron chi connectivity index (χ1n) is 5.27. The summed E-state index contributed by atoms with van der Waals surface area (Å²) in [5, 5.41) is 11.7. The SMILES string of the molecule is CNCc1cnc(N(CCO)CC(F)F)nc1. The fraction of sp³-hybridized carbons (Fsp3) is 0.600. The van der Waals surface area contributed by atoms with Gasteiger partial charge in [0.2, 0.25) is 5.95 Å². The number of aliphatic hydroxyl groups excluding tert-OH is 1. The Labute approximate surface area is 98.5 Å². The molecule has 0 aromatic carbocycles. The van der Waals surface area contributed by atoms with Gasteiger partial charge in [-0.25, -0.2) is 18.7 Å². The molecule has 96 valence electrons. The topological polar surface area (TPSA) is 61.3 Å². The van der Waals surface area contributed by atoms with Crippen LogP contribution in [0, 0.1) is 0 Å². The monoisotopic (exact) mass is 246 g/mol. The first-order chi connectivity index (χ1) is 8.17. The summed E-state index contributed by atoms with van der Waals surface area (Å²) in [4.78, 5) is 9.26. The van der Waals surface area contributed by atoms with Crippen molar-refractivity contribution in [2.75, 3.05) is 31.6 Å². The zero-order valence-electron chi connectivity index (χ0n) is 9.61. The highest BCUT2D eigenvalue weighted by Crippen LogP contribution is 2.09. The van der Waals surface area contributed by atoms with Crippen molar-refractivity contribution in [2.45, 2.75) is 13.0 Å². The van der Waals surface area contributed by atoms with E-state index in [1.807, 2.05) is 0 Å². The summed E-state index contributed by atoms with van der Waals surface area (Å²) in [5.74, 6) is 0.208. The number of aliphatic hydroxyl groups is 1. The van der Waals surface area contributed by atoms with Crippen molar-refractivity contribution in [1.29, 1.82) is 0 Å². The quantitative estimate of drug-likeness (QED) is 0.722. The molecule has 1 aromatic heterocycles. The van der Waals surface area contributed by atoms with Crippen LogP contribution in [0.5, 0.6) is 0 Å². The third-order valence-corrected chi connectivity index (χ3v) is 2.08. The minimum absolute atomic E-state index is 0.0930. The molecule has 0 fully saturated rings. The normalized spacial score (nSPS) is 10.9. The smallest absolute Gasteiger partial charge is 0.255 e. The lowest BCUT2D eigenvalue weighted by Gasteiger charge is -2.20. The molecule has 1 aromatic rings. The minimum atomic E-state index is -2.48. The van der Waals surface area contributed by atoms with Crippen molar-refractivity contribution < 1.29 is 13.9 Å². The average Bonchev–Trinajstić information content (AvgIpc) is 2.29. The van der Waals surface area contributed by atoms with Crippen LogP contribution in [0.4, 0.5) is 14.7 Å². The molecule has 2 N–H and O–H groups in total. The number of hydrogen-bond donors (Lipinski definition) is 2. The predicted molar refractivity (Wildman–Crippen MR) is 60.1 cm³/mol. The van der Waals surface area contributed by atoms with Gasteiger partial charge in [-0.3, -0.25) is 0 Å². The molecule has 0 atom stereocenters. The molecule has 0 spiro atoms. The van der Waals surface area contributed by atoms with Gasteiger partial charge in [-0.1, -0.05) is 0 Å². The first-order valence-corrected chi connectivity index (χ1v) is 5.27. The van der Waals surface area contributed by atoms with Gasteiger partial charge < -0.3 is 15.3 Å². The van der Waals surface area contributed by atoms with Gasteiger partial charge in [0.05, 0.1) is 13.2 Å². The zero-order chi connectivity index (χ0) is 12.7. The summed E-state index contributed by atoms with van der Waals surface area (Å²) in [7, 11) is 1.79. The summed E-state index contributed by atoms with van der Waals surface area (Å²) >= 11 is 0. The maximum absolute atomic E-state index is 12.3. The highest BCUT2D eigenvalue weighted by Gasteiger charge is 2.14. The van der Waals surface area contributed by atoms with Crippen LogP contribution in [0.1, 0.15) is 5.56 Å². The molecule has 7 heteroatoms. The number of rotatable bonds is 7. The van der Waals surface area contributed by atoms with E-state index in [2.05, 4.69) is 15.3 Å². The van der Waals surface area contributed by atoms with Crippen molar-refractivity contribution in [3.63, 3.8) is 0 Å². The summed E-state index contributed by atoms with van der Waals surface area (Å²) in [6.07, 6.45) is 0.672. The van der Waals surface area contributed by atoms with Crippen LogP contribution >= 0.6 is 0 Å². The Morgan fingerprint density at radius 2 is 2.06 bits per heavy atom. The predicted octanol–water partition coefficient (Wildman–Crippen LogP) is 0.260. The van der Waals surface area contributed by atoms with E-state index >= 15 is 0 Å². The van der Waals surface area contributed by atoms with E-state index in [1.165, 1.54) is 4.90 Å². The lowest BCUT2D eigenvalue weighted by Crippen LogP contribution is -2.33. The number of aromatic nitrogens is 2. The van der Waals surface area contributed by atoms with Gasteiger partial charge in [0.1, 0.15) is 0 Å². The van der Waals surface area contributed by atoms with Gasteiger partial charge in [-0.2, -0.15) is 0 Å². The van der Waals surface area contributed by atoms with Crippen molar-refractivity contribution in [1.82, 2.24) is 15.3 Å². The second-order valence-electron chi connectivity index (χ2n) is 3.48. The van der Waals surface area contributed by atoms with E-state index in [4.69, 9.17) is 5.11 Å². The second kappa shape index (κ2) is 7.08. The molecular weight excluding hydrogens is 230 g/mol. The maximum atomic E-state index is 12.3. The van der Waals surface area contributed by atoms with Crippen molar-refractivity contribution in [3.8, 4) is 0 Å². The Bertz CT molecular complexity index is 321. The van der Waals surface area contributed by atoms with E-state index in [1.54, 1.807) is 19.4 Å². The fourth-order valence-corrected chi connectivity index (χ4v) is 1.37. The van der Waals surface area contributed by atoms with E-state index in [0.29, 0.717) is 6.54 Å². The van der Waals surface area contributed by atoms with Gasteiger partial charge in [0, 0.05) is 31.0 Å².